The molecule has 2 fully saturated rings. The summed E-state index contributed by atoms with van der Waals surface area (Å²) in [6.07, 6.45) is 1.03. The van der Waals surface area contributed by atoms with Crippen molar-refractivity contribution in [1.82, 2.24) is 20.8 Å². The summed E-state index contributed by atoms with van der Waals surface area (Å²) in [6, 6.07) is 4.05. The highest BCUT2D eigenvalue weighted by Crippen LogP contribution is 2.25. The third-order valence-electron chi connectivity index (χ3n) is 4.88. The number of rotatable bonds is 4. The van der Waals surface area contributed by atoms with Crippen molar-refractivity contribution in [2.75, 3.05) is 31.1 Å². The second kappa shape index (κ2) is 6.98. The number of nitrogens with zero attached hydrogens (tertiary/aromatic N) is 3. The van der Waals surface area contributed by atoms with Gasteiger partial charge in [0, 0.05) is 49.9 Å². The minimum atomic E-state index is -0.180. The van der Waals surface area contributed by atoms with E-state index in [2.05, 4.69) is 46.5 Å². The summed E-state index contributed by atoms with van der Waals surface area (Å²) in [6.45, 7) is 9.35. The van der Waals surface area contributed by atoms with Crippen LogP contribution in [0.3, 0.4) is 0 Å². The molecule has 1 aromatic rings. The van der Waals surface area contributed by atoms with Crippen LogP contribution in [0, 0.1) is 11.8 Å². The molecule has 0 spiro atoms. The van der Waals surface area contributed by atoms with E-state index in [1.807, 2.05) is 12.1 Å². The fourth-order valence-electron chi connectivity index (χ4n) is 3.18. The minimum absolute atomic E-state index is 0.00243. The molecule has 1 unspecified atom stereocenters. The zero-order valence-electron chi connectivity index (χ0n) is 15.2. The quantitative estimate of drug-likeness (QED) is 0.845. The van der Waals surface area contributed by atoms with Gasteiger partial charge in [-0.05, 0) is 18.6 Å². The highest BCUT2D eigenvalue weighted by Gasteiger charge is 2.30. The molecule has 2 aliphatic heterocycles. The molecule has 0 saturated carbocycles. The van der Waals surface area contributed by atoms with Gasteiger partial charge < -0.3 is 15.5 Å². The zero-order valence-corrected chi connectivity index (χ0v) is 15.2. The van der Waals surface area contributed by atoms with E-state index < -0.39 is 0 Å². The van der Waals surface area contributed by atoms with E-state index in [4.69, 9.17) is 0 Å². The molecule has 7 nitrogen and oxygen atoms in total. The SMILES string of the molecule is CC(C)(C)c1ccc(N2CC(CNC(=O)C3CCNC(=O)C3)C2)nn1. The van der Waals surface area contributed by atoms with Crippen LogP contribution in [-0.4, -0.2) is 48.2 Å². The Labute approximate surface area is 148 Å². The first-order valence-corrected chi connectivity index (χ1v) is 8.96. The topological polar surface area (TPSA) is 87.2 Å². The molecule has 0 radical (unpaired) electrons. The lowest BCUT2D eigenvalue weighted by atomic mass is 9.92. The molecule has 3 rings (SSSR count). The number of hydrogen-bond acceptors (Lipinski definition) is 5. The standard InChI is InChI=1S/C18H27N5O2/c1-18(2,3)14-4-5-15(22-21-14)23-10-12(11-23)9-20-17(25)13-6-7-19-16(24)8-13/h4-5,12-13H,6-11H2,1-3H3,(H,19,24)(H,20,25). The summed E-state index contributed by atoms with van der Waals surface area (Å²) in [5, 5.41) is 14.4. The molecule has 25 heavy (non-hydrogen) atoms. The van der Waals surface area contributed by atoms with Crippen LogP contribution in [-0.2, 0) is 15.0 Å². The summed E-state index contributed by atoms with van der Waals surface area (Å²) in [4.78, 5) is 25.7. The average Bonchev–Trinajstić information content (AvgIpc) is 2.52. The summed E-state index contributed by atoms with van der Waals surface area (Å²) in [5.74, 6) is 1.10. The highest BCUT2D eigenvalue weighted by atomic mass is 16.2. The van der Waals surface area contributed by atoms with Crippen LogP contribution in [0.15, 0.2) is 12.1 Å². The third kappa shape index (κ3) is 4.27. The van der Waals surface area contributed by atoms with Gasteiger partial charge in [-0.15, -0.1) is 5.10 Å². The predicted octanol–water partition coefficient (Wildman–Crippen LogP) is 0.853. The maximum absolute atomic E-state index is 12.1. The molecule has 2 aliphatic rings. The predicted molar refractivity (Wildman–Crippen MR) is 95.2 cm³/mol. The maximum atomic E-state index is 12.1. The maximum Gasteiger partial charge on any atom is 0.223 e. The lowest BCUT2D eigenvalue weighted by Crippen LogP contribution is -2.53. The molecular formula is C18H27N5O2. The molecule has 2 N–H and O–H groups in total. The van der Waals surface area contributed by atoms with E-state index in [0.717, 1.165) is 31.0 Å². The highest BCUT2D eigenvalue weighted by molar-refractivity contribution is 5.86. The van der Waals surface area contributed by atoms with Crippen LogP contribution in [0.5, 0.6) is 0 Å². The van der Waals surface area contributed by atoms with Crippen LogP contribution in [0.1, 0.15) is 39.3 Å². The Morgan fingerprint density at radius 2 is 2.08 bits per heavy atom. The molecule has 1 atom stereocenters. The Morgan fingerprint density at radius 3 is 2.68 bits per heavy atom. The van der Waals surface area contributed by atoms with Crippen molar-refractivity contribution < 1.29 is 9.59 Å². The van der Waals surface area contributed by atoms with Gasteiger partial charge in [0.15, 0.2) is 5.82 Å². The summed E-state index contributed by atoms with van der Waals surface area (Å²) in [7, 11) is 0. The van der Waals surface area contributed by atoms with Crippen LogP contribution in [0.25, 0.3) is 0 Å². The van der Waals surface area contributed by atoms with Gasteiger partial charge in [0.05, 0.1) is 5.69 Å². The molecule has 3 heterocycles. The van der Waals surface area contributed by atoms with Crippen molar-refractivity contribution in [2.24, 2.45) is 11.8 Å². The van der Waals surface area contributed by atoms with Crippen molar-refractivity contribution in [3.8, 4) is 0 Å². The Bertz CT molecular complexity index is 632. The molecule has 136 valence electrons. The normalized spacial score (nSPS) is 21.5. The van der Waals surface area contributed by atoms with E-state index in [1.165, 1.54) is 0 Å². The third-order valence-corrected chi connectivity index (χ3v) is 4.88. The molecule has 0 bridgehead atoms. The second-order valence-electron chi connectivity index (χ2n) is 8.08. The first-order chi connectivity index (χ1) is 11.8. The molecule has 1 aromatic heterocycles. The van der Waals surface area contributed by atoms with Crippen molar-refractivity contribution in [3.63, 3.8) is 0 Å². The fourth-order valence-corrected chi connectivity index (χ4v) is 3.18. The lowest BCUT2D eigenvalue weighted by molar-refractivity contribution is -0.132. The first-order valence-electron chi connectivity index (χ1n) is 8.96. The van der Waals surface area contributed by atoms with Gasteiger partial charge in [0.2, 0.25) is 11.8 Å². The van der Waals surface area contributed by atoms with E-state index in [1.54, 1.807) is 0 Å². The van der Waals surface area contributed by atoms with E-state index >= 15 is 0 Å². The van der Waals surface area contributed by atoms with Gasteiger partial charge in [0.1, 0.15) is 0 Å². The summed E-state index contributed by atoms with van der Waals surface area (Å²) < 4.78 is 0. The van der Waals surface area contributed by atoms with Crippen molar-refractivity contribution in [1.29, 1.82) is 0 Å². The van der Waals surface area contributed by atoms with Crippen molar-refractivity contribution in [3.05, 3.63) is 17.8 Å². The van der Waals surface area contributed by atoms with E-state index in [-0.39, 0.29) is 23.1 Å². The largest absolute Gasteiger partial charge is 0.356 e. The number of carbonyl (C=O) groups excluding carboxylic acids is 2. The van der Waals surface area contributed by atoms with Crippen LogP contribution in [0.4, 0.5) is 5.82 Å². The number of nitrogens with one attached hydrogen (secondary N) is 2. The molecule has 7 heteroatoms. The molecule has 2 amide bonds. The number of piperidine rings is 1. The Morgan fingerprint density at radius 1 is 1.32 bits per heavy atom. The molecule has 0 aliphatic carbocycles. The minimum Gasteiger partial charge on any atom is -0.356 e. The van der Waals surface area contributed by atoms with Crippen molar-refractivity contribution in [2.45, 2.75) is 39.0 Å². The molecule has 0 aromatic carbocycles. The van der Waals surface area contributed by atoms with Crippen LogP contribution >= 0.6 is 0 Å². The molecule has 2 saturated heterocycles. The van der Waals surface area contributed by atoms with Gasteiger partial charge in [-0.2, -0.15) is 5.10 Å². The van der Waals surface area contributed by atoms with Gasteiger partial charge in [-0.1, -0.05) is 20.8 Å². The van der Waals surface area contributed by atoms with Gasteiger partial charge in [0.25, 0.3) is 0 Å². The monoisotopic (exact) mass is 345 g/mol. The summed E-state index contributed by atoms with van der Waals surface area (Å²) in [5.41, 5.74) is 0.987. The molecular weight excluding hydrogens is 318 g/mol. The fraction of sp³-hybridized carbons (Fsp3) is 0.667. The van der Waals surface area contributed by atoms with E-state index in [0.29, 0.717) is 25.4 Å². The van der Waals surface area contributed by atoms with Gasteiger partial charge in [-0.25, -0.2) is 0 Å². The van der Waals surface area contributed by atoms with Crippen LogP contribution in [0.2, 0.25) is 0 Å². The number of hydrogen-bond donors (Lipinski definition) is 2. The number of amides is 2. The van der Waals surface area contributed by atoms with Gasteiger partial charge in [-0.3, -0.25) is 9.59 Å². The average molecular weight is 345 g/mol. The number of carbonyl (C=O) groups is 2. The Kier molecular flexibility index (Phi) is 4.92. The number of anilines is 1. The van der Waals surface area contributed by atoms with E-state index in [9.17, 15) is 9.59 Å². The summed E-state index contributed by atoms with van der Waals surface area (Å²) >= 11 is 0. The smallest absolute Gasteiger partial charge is 0.223 e. The second-order valence-corrected chi connectivity index (χ2v) is 8.08. The first kappa shape index (κ1) is 17.6. The van der Waals surface area contributed by atoms with Gasteiger partial charge >= 0.3 is 0 Å². The lowest BCUT2D eigenvalue weighted by Gasteiger charge is -2.40. The van der Waals surface area contributed by atoms with Crippen LogP contribution < -0.4 is 15.5 Å². The number of aromatic nitrogens is 2. The van der Waals surface area contributed by atoms with Crippen molar-refractivity contribution >= 4 is 17.6 Å². The zero-order chi connectivity index (χ0) is 18.0. The Balaban J connectivity index is 1.42. The Hall–Kier alpha value is -2.18.